The Kier molecular flexibility index (Phi) is 3.57. The SMILES string of the molecule is CN(C)CCn1cc(C2C=c3cncnc3=NC2=O)cn1. The van der Waals surface area contributed by atoms with E-state index in [1.54, 1.807) is 12.4 Å². The van der Waals surface area contributed by atoms with Gasteiger partial charge in [-0.1, -0.05) is 6.08 Å². The van der Waals surface area contributed by atoms with E-state index in [2.05, 4.69) is 25.0 Å². The number of carbonyl (C=O) groups excluding carboxylic acids is 1. The Morgan fingerprint density at radius 2 is 2.19 bits per heavy atom. The van der Waals surface area contributed by atoms with Gasteiger partial charge in [0, 0.05) is 29.7 Å². The maximum absolute atomic E-state index is 12.1. The van der Waals surface area contributed by atoms with Crippen molar-refractivity contribution in [1.29, 1.82) is 0 Å². The second-order valence-corrected chi connectivity index (χ2v) is 5.24. The molecule has 1 amide bonds. The maximum Gasteiger partial charge on any atom is 0.259 e. The summed E-state index contributed by atoms with van der Waals surface area (Å²) in [5.41, 5.74) is 1.28. The highest BCUT2D eigenvalue weighted by molar-refractivity contribution is 5.91. The Labute approximate surface area is 121 Å². The number of hydrogen-bond acceptors (Lipinski definition) is 5. The van der Waals surface area contributed by atoms with Crippen LogP contribution in [0.3, 0.4) is 0 Å². The zero-order valence-electron chi connectivity index (χ0n) is 12.0. The highest BCUT2D eigenvalue weighted by atomic mass is 16.1. The van der Waals surface area contributed by atoms with Gasteiger partial charge in [0.15, 0.2) is 5.49 Å². The number of aromatic nitrogens is 4. The van der Waals surface area contributed by atoms with Gasteiger partial charge in [-0.05, 0) is 14.1 Å². The summed E-state index contributed by atoms with van der Waals surface area (Å²) < 4.78 is 1.84. The summed E-state index contributed by atoms with van der Waals surface area (Å²) in [6.07, 6.45) is 8.52. The lowest BCUT2D eigenvalue weighted by molar-refractivity contribution is -0.118. The number of rotatable bonds is 4. The van der Waals surface area contributed by atoms with Gasteiger partial charge >= 0.3 is 0 Å². The van der Waals surface area contributed by atoms with Crippen LogP contribution in [0.4, 0.5) is 0 Å². The van der Waals surface area contributed by atoms with Gasteiger partial charge in [-0.15, -0.1) is 0 Å². The van der Waals surface area contributed by atoms with Crippen LogP contribution in [0.25, 0.3) is 6.08 Å². The highest BCUT2D eigenvalue weighted by Crippen LogP contribution is 2.19. The molecule has 3 heterocycles. The molecule has 108 valence electrons. The summed E-state index contributed by atoms with van der Waals surface area (Å²) in [5.74, 6) is -0.620. The average molecular weight is 284 g/mol. The van der Waals surface area contributed by atoms with Gasteiger partial charge in [0.25, 0.3) is 5.91 Å². The summed E-state index contributed by atoms with van der Waals surface area (Å²) in [6, 6.07) is 0. The molecular weight excluding hydrogens is 268 g/mol. The molecule has 7 nitrogen and oxygen atoms in total. The maximum atomic E-state index is 12.1. The minimum atomic E-state index is -0.406. The highest BCUT2D eigenvalue weighted by Gasteiger charge is 2.22. The van der Waals surface area contributed by atoms with E-state index in [0.717, 1.165) is 23.9 Å². The van der Waals surface area contributed by atoms with Gasteiger partial charge in [-0.2, -0.15) is 10.1 Å². The fourth-order valence-electron chi connectivity index (χ4n) is 2.17. The van der Waals surface area contributed by atoms with Crippen LogP contribution in [0, 0.1) is 0 Å². The van der Waals surface area contributed by atoms with E-state index in [-0.39, 0.29) is 5.91 Å². The molecule has 2 aromatic heterocycles. The van der Waals surface area contributed by atoms with Crippen LogP contribution in [-0.4, -0.2) is 51.2 Å². The summed E-state index contributed by atoms with van der Waals surface area (Å²) in [7, 11) is 4.03. The quantitative estimate of drug-likeness (QED) is 0.717. The second-order valence-electron chi connectivity index (χ2n) is 5.24. The lowest BCUT2D eigenvalue weighted by Crippen LogP contribution is -2.35. The Bertz CT molecular complexity index is 779. The largest absolute Gasteiger partial charge is 0.308 e. The molecule has 0 aromatic carbocycles. The monoisotopic (exact) mass is 284 g/mol. The topological polar surface area (TPSA) is 76.3 Å². The van der Waals surface area contributed by atoms with Gasteiger partial charge in [0.1, 0.15) is 6.33 Å². The van der Waals surface area contributed by atoms with E-state index in [9.17, 15) is 4.79 Å². The van der Waals surface area contributed by atoms with Crippen molar-refractivity contribution in [2.24, 2.45) is 4.99 Å². The van der Waals surface area contributed by atoms with Crippen LogP contribution in [-0.2, 0) is 11.3 Å². The zero-order chi connectivity index (χ0) is 14.8. The molecule has 0 radical (unpaired) electrons. The van der Waals surface area contributed by atoms with Crippen molar-refractivity contribution < 1.29 is 4.79 Å². The third-order valence-electron chi connectivity index (χ3n) is 3.34. The second kappa shape index (κ2) is 5.53. The molecule has 3 rings (SSSR count). The molecule has 1 aliphatic heterocycles. The molecule has 21 heavy (non-hydrogen) atoms. The molecule has 0 bridgehead atoms. The number of carbonyl (C=O) groups is 1. The van der Waals surface area contributed by atoms with Crippen LogP contribution in [0.1, 0.15) is 11.5 Å². The number of likely N-dealkylation sites (N-methyl/N-ethyl adjacent to an activating group) is 1. The van der Waals surface area contributed by atoms with Crippen molar-refractivity contribution in [2.75, 3.05) is 20.6 Å². The number of fused-ring (bicyclic) bond motifs is 1. The first-order valence-electron chi connectivity index (χ1n) is 6.71. The molecule has 1 atom stereocenters. The van der Waals surface area contributed by atoms with Crippen LogP contribution >= 0.6 is 0 Å². The summed E-state index contributed by atoms with van der Waals surface area (Å²) in [4.78, 5) is 26.2. The molecule has 2 aromatic rings. The van der Waals surface area contributed by atoms with Gasteiger partial charge in [-0.3, -0.25) is 9.48 Å². The average Bonchev–Trinajstić information content (AvgIpc) is 2.93. The normalized spacial score (nSPS) is 17.3. The van der Waals surface area contributed by atoms with E-state index < -0.39 is 5.92 Å². The third-order valence-corrected chi connectivity index (χ3v) is 3.34. The Morgan fingerprint density at radius 1 is 1.33 bits per heavy atom. The zero-order valence-corrected chi connectivity index (χ0v) is 12.0. The van der Waals surface area contributed by atoms with Crippen molar-refractivity contribution in [1.82, 2.24) is 24.6 Å². The van der Waals surface area contributed by atoms with E-state index in [0.29, 0.717) is 5.49 Å². The molecule has 0 fully saturated rings. The fourth-order valence-corrected chi connectivity index (χ4v) is 2.17. The molecule has 1 aliphatic rings. The molecule has 0 N–H and O–H groups in total. The first-order valence-corrected chi connectivity index (χ1v) is 6.71. The van der Waals surface area contributed by atoms with E-state index >= 15 is 0 Å². The van der Waals surface area contributed by atoms with Crippen molar-refractivity contribution in [3.8, 4) is 0 Å². The predicted molar refractivity (Wildman–Crippen MR) is 75.8 cm³/mol. The van der Waals surface area contributed by atoms with Crippen LogP contribution in [0.15, 0.2) is 29.9 Å². The van der Waals surface area contributed by atoms with Crippen molar-refractivity contribution >= 4 is 12.0 Å². The van der Waals surface area contributed by atoms with E-state index in [1.165, 1.54) is 6.33 Å². The fraction of sp³-hybridized carbons (Fsp3) is 0.357. The number of hydrogen-bond donors (Lipinski definition) is 0. The molecular formula is C14H16N6O. The van der Waals surface area contributed by atoms with Gasteiger partial charge in [0.2, 0.25) is 0 Å². The van der Waals surface area contributed by atoms with Gasteiger partial charge < -0.3 is 4.90 Å². The van der Waals surface area contributed by atoms with Crippen molar-refractivity contribution in [2.45, 2.75) is 12.5 Å². The molecule has 0 saturated heterocycles. The molecule has 0 spiro atoms. The summed E-state index contributed by atoms with van der Waals surface area (Å²) in [6.45, 7) is 1.68. The number of amides is 1. The van der Waals surface area contributed by atoms with Gasteiger partial charge in [0.05, 0.1) is 18.7 Å². The molecule has 0 saturated carbocycles. The predicted octanol–water partition coefficient (Wildman–Crippen LogP) is -1.04. The number of nitrogens with zero attached hydrogens (tertiary/aromatic N) is 6. The summed E-state index contributed by atoms with van der Waals surface area (Å²) >= 11 is 0. The van der Waals surface area contributed by atoms with Crippen LogP contribution < -0.4 is 10.7 Å². The lowest BCUT2D eigenvalue weighted by Gasteiger charge is -2.10. The third kappa shape index (κ3) is 2.87. The van der Waals surface area contributed by atoms with Crippen LogP contribution in [0.5, 0.6) is 0 Å². The Balaban J connectivity index is 1.88. The first kappa shape index (κ1) is 13.6. The Morgan fingerprint density at radius 3 is 3.00 bits per heavy atom. The standard InChI is InChI=1S/C14H16N6O/c1-19(2)3-4-20-8-11(7-17-20)12-5-10-6-15-9-16-13(10)18-14(12)21/h5-9,12H,3-4H2,1-2H3. The molecule has 1 unspecified atom stereocenters. The molecule has 0 aliphatic carbocycles. The minimum Gasteiger partial charge on any atom is -0.308 e. The lowest BCUT2D eigenvalue weighted by atomic mass is 9.99. The first-order chi connectivity index (χ1) is 10.1. The van der Waals surface area contributed by atoms with Crippen LogP contribution in [0.2, 0.25) is 0 Å². The summed E-state index contributed by atoms with van der Waals surface area (Å²) in [5, 5.41) is 5.08. The van der Waals surface area contributed by atoms with Gasteiger partial charge in [-0.25, -0.2) is 9.97 Å². The smallest absolute Gasteiger partial charge is 0.259 e. The van der Waals surface area contributed by atoms with Crippen molar-refractivity contribution in [3.63, 3.8) is 0 Å². The van der Waals surface area contributed by atoms with E-state index in [1.807, 2.05) is 31.1 Å². The molecule has 7 heteroatoms. The van der Waals surface area contributed by atoms with E-state index in [4.69, 9.17) is 0 Å². The Hall–Kier alpha value is -2.41. The minimum absolute atomic E-state index is 0.214. The van der Waals surface area contributed by atoms with Crippen molar-refractivity contribution in [3.05, 3.63) is 41.2 Å².